The predicted octanol–water partition coefficient (Wildman–Crippen LogP) is 9.31. The monoisotopic (exact) mass is 526 g/mol. The van der Waals surface area contributed by atoms with Crippen molar-refractivity contribution < 1.29 is 18.7 Å². The predicted molar refractivity (Wildman–Crippen MR) is 156 cm³/mol. The van der Waals surface area contributed by atoms with Gasteiger partial charge in [-0.3, -0.25) is 4.79 Å². The summed E-state index contributed by atoms with van der Waals surface area (Å²) in [6.45, 7) is 8.23. The van der Waals surface area contributed by atoms with Gasteiger partial charge in [0, 0.05) is 27.8 Å². The first-order valence-corrected chi connectivity index (χ1v) is 13.9. The van der Waals surface area contributed by atoms with Crippen molar-refractivity contribution in [2.24, 2.45) is 5.92 Å². The van der Waals surface area contributed by atoms with Gasteiger partial charge in [-0.1, -0.05) is 94.4 Å². The quantitative estimate of drug-likeness (QED) is 0.230. The smallest absolute Gasteiger partial charge is 0.307 e. The summed E-state index contributed by atoms with van der Waals surface area (Å²) in [5.41, 5.74) is 7.24. The second kappa shape index (κ2) is 10.3. The molecule has 1 heterocycles. The molecule has 38 heavy (non-hydrogen) atoms. The van der Waals surface area contributed by atoms with Gasteiger partial charge in [-0.15, -0.1) is 0 Å². The minimum Gasteiger partial charge on any atom is -0.481 e. The van der Waals surface area contributed by atoms with Crippen LogP contribution in [0.4, 0.5) is 4.39 Å². The summed E-state index contributed by atoms with van der Waals surface area (Å²) in [5, 5.41) is 11.3. The number of halogens is 1. The third-order valence-electron chi connectivity index (χ3n) is 6.96. The number of carbonyl (C=O) groups is 1. The lowest BCUT2D eigenvalue weighted by molar-refractivity contribution is -0.140. The Morgan fingerprint density at radius 3 is 2.37 bits per heavy atom. The Bertz CT molecular complexity index is 1640. The van der Waals surface area contributed by atoms with Crippen LogP contribution in [0.1, 0.15) is 38.8 Å². The highest BCUT2D eigenvalue weighted by molar-refractivity contribution is 7.98. The first kappa shape index (κ1) is 26.1. The highest BCUT2D eigenvalue weighted by Crippen LogP contribution is 2.41. The molecule has 0 aliphatic carbocycles. The Hall–Kier alpha value is -3.57. The SMILES string of the molecule is CC(CSCc1ccc(-c2ccc(-c3cccc4c3oc3ccccc34)c(C(C)(C)C)c2)cc1F)C(=O)O. The Morgan fingerprint density at radius 1 is 0.921 bits per heavy atom. The molecule has 3 nitrogen and oxygen atoms in total. The molecule has 0 fully saturated rings. The van der Waals surface area contributed by atoms with Crippen molar-refractivity contribution in [2.75, 3.05) is 5.75 Å². The van der Waals surface area contributed by atoms with Gasteiger partial charge in [-0.05, 0) is 45.4 Å². The molecular weight excluding hydrogens is 495 g/mol. The third kappa shape index (κ3) is 5.08. The van der Waals surface area contributed by atoms with Gasteiger partial charge >= 0.3 is 5.97 Å². The average molecular weight is 527 g/mol. The number of thioether (sulfide) groups is 1. The zero-order valence-corrected chi connectivity index (χ0v) is 22.9. The molecule has 194 valence electrons. The normalized spacial score (nSPS) is 12.8. The van der Waals surface area contributed by atoms with E-state index >= 15 is 4.39 Å². The fraction of sp³-hybridized carbons (Fsp3) is 0.242. The number of carboxylic acids is 1. The minimum absolute atomic E-state index is 0.157. The maximum Gasteiger partial charge on any atom is 0.307 e. The number of rotatable bonds is 7. The summed E-state index contributed by atoms with van der Waals surface area (Å²) in [6, 6.07) is 26.0. The van der Waals surface area contributed by atoms with E-state index in [0.717, 1.165) is 49.8 Å². The minimum atomic E-state index is -0.831. The van der Waals surface area contributed by atoms with Crippen molar-refractivity contribution in [3.63, 3.8) is 0 Å². The number of fused-ring (bicyclic) bond motifs is 3. The Balaban J connectivity index is 1.51. The highest BCUT2D eigenvalue weighted by Gasteiger charge is 2.22. The van der Waals surface area contributed by atoms with E-state index < -0.39 is 11.9 Å². The first-order valence-electron chi connectivity index (χ1n) is 12.8. The first-order chi connectivity index (χ1) is 18.1. The standard InChI is InChI=1S/C33H31FO3S/c1-20(32(35)36)18-38-19-23-13-12-22(17-29(23)34)21-14-15-24(28(16-21)33(2,3)4)26-9-7-10-27-25-8-5-6-11-30(25)37-31(26)27/h5-17,20H,18-19H2,1-4H3,(H,35,36). The molecule has 1 unspecified atom stereocenters. The van der Waals surface area contributed by atoms with Gasteiger partial charge in [0.15, 0.2) is 0 Å². The lowest BCUT2D eigenvalue weighted by Crippen LogP contribution is -2.13. The molecule has 1 aromatic heterocycles. The fourth-order valence-corrected chi connectivity index (χ4v) is 5.87. The summed E-state index contributed by atoms with van der Waals surface area (Å²) in [4.78, 5) is 11.0. The van der Waals surface area contributed by atoms with Crippen LogP contribution in [0.2, 0.25) is 0 Å². The van der Waals surface area contributed by atoms with Crippen molar-refractivity contribution in [1.82, 2.24) is 0 Å². The van der Waals surface area contributed by atoms with Crippen LogP contribution >= 0.6 is 11.8 Å². The number of carboxylic acid groups (broad SMARTS) is 1. The number of para-hydroxylation sites is 2. The van der Waals surface area contributed by atoms with E-state index in [1.807, 2.05) is 36.4 Å². The highest BCUT2D eigenvalue weighted by atomic mass is 32.2. The molecule has 5 heteroatoms. The van der Waals surface area contributed by atoms with Gasteiger partial charge in [0.25, 0.3) is 0 Å². The molecule has 4 aromatic carbocycles. The molecule has 0 saturated heterocycles. The number of hydrogen-bond donors (Lipinski definition) is 1. The van der Waals surface area contributed by atoms with E-state index in [9.17, 15) is 4.79 Å². The van der Waals surface area contributed by atoms with Crippen LogP contribution in [-0.2, 0) is 16.0 Å². The Morgan fingerprint density at radius 2 is 1.63 bits per heavy atom. The molecule has 0 amide bonds. The van der Waals surface area contributed by atoms with Gasteiger partial charge in [-0.25, -0.2) is 4.39 Å². The maximum absolute atomic E-state index is 15.0. The molecule has 5 aromatic rings. The lowest BCUT2D eigenvalue weighted by atomic mass is 9.80. The van der Waals surface area contributed by atoms with Crippen LogP contribution in [0, 0.1) is 11.7 Å². The molecule has 0 radical (unpaired) electrons. The molecule has 1 atom stereocenters. The van der Waals surface area contributed by atoms with E-state index in [0.29, 0.717) is 17.1 Å². The largest absolute Gasteiger partial charge is 0.481 e. The van der Waals surface area contributed by atoms with Crippen molar-refractivity contribution in [3.05, 3.63) is 95.8 Å². The van der Waals surface area contributed by atoms with Gasteiger partial charge in [0.05, 0.1) is 5.92 Å². The van der Waals surface area contributed by atoms with Crippen LogP contribution < -0.4 is 0 Å². The number of furan rings is 1. The van der Waals surface area contributed by atoms with Crippen molar-refractivity contribution >= 4 is 39.7 Å². The van der Waals surface area contributed by atoms with Gasteiger partial charge in [-0.2, -0.15) is 11.8 Å². The number of benzene rings is 4. The van der Waals surface area contributed by atoms with Crippen LogP contribution in [0.3, 0.4) is 0 Å². The van der Waals surface area contributed by atoms with Crippen molar-refractivity contribution in [1.29, 1.82) is 0 Å². The molecule has 0 bridgehead atoms. The lowest BCUT2D eigenvalue weighted by Gasteiger charge is -2.24. The third-order valence-corrected chi connectivity index (χ3v) is 8.21. The topological polar surface area (TPSA) is 50.4 Å². The van der Waals surface area contributed by atoms with Gasteiger partial charge < -0.3 is 9.52 Å². The van der Waals surface area contributed by atoms with E-state index in [4.69, 9.17) is 9.52 Å². The molecule has 0 aliphatic heterocycles. The van der Waals surface area contributed by atoms with E-state index in [2.05, 4.69) is 57.2 Å². The summed E-state index contributed by atoms with van der Waals surface area (Å²) >= 11 is 1.44. The summed E-state index contributed by atoms with van der Waals surface area (Å²) in [5.74, 6) is -0.668. The summed E-state index contributed by atoms with van der Waals surface area (Å²) < 4.78 is 21.4. The van der Waals surface area contributed by atoms with E-state index in [1.54, 1.807) is 13.0 Å². The van der Waals surface area contributed by atoms with Gasteiger partial charge in [0.1, 0.15) is 17.0 Å². The molecule has 5 rings (SSSR count). The maximum atomic E-state index is 15.0. The van der Waals surface area contributed by atoms with Crippen LogP contribution in [0.15, 0.2) is 83.3 Å². The zero-order chi connectivity index (χ0) is 27.0. The molecule has 0 saturated carbocycles. The Kier molecular flexibility index (Phi) is 7.06. The molecule has 1 N–H and O–H groups in total. The summed E-state index contributed by atoms with van der Waals surface area (Å²) in [6.07, 6.45) is 0. The van der Waals surface area contributed by atoms with Crippen LogP contribution in [0.25, 0.3) is 44.2 Å². The fourth-order valence-electron chi connectivity index (χ4n) is 4.80. The molecule has 0 aliphatic rings. The van der Waals surface area contributed by atoms with Gasteiger partial charge in [0.2, 0.25) is 0 Å². The van der Waals surface area contributed by atoms with Crippen LogP contribution in [-0.4, -0.2) is 16.8 Å². The number of aliphatic carboxylic acids is 1. The van der Waals surface area contributed by atoms with Crippen LogP contribution in [0.5, 0.6) is 0 Å². The second-order valence-corrected chi connectivity index (χ2v) is 11.9. The summed E-state index contributed by atoms with van der Waals surface area (Å²) in [7, 11) is 0. The van der Waals surface area contributed by atoms with Crippen molar-refractivity contribution in [3.8, 4) is 22.3 Å². The zero-order valence-electron chi connectivity index (χ0n) is 22.0. The number of hydrogen-bond acceptors (Lipinski definition) is 3. The van der Waals surface area contributed by atoms with Crippen molar-refractivity contribution in [2.45, 2.75) is 38.9 Å². The molecule has 0 spiro atoms. The second-order valence-electron chi connectivity index (χ2n) is 10.9. The average Bonchev–Trinajstić information content (AvgIpc) is 3.27. The van der Waals surface area contributed by atoms with E-state index in [-0.39, 0.29) is 11.2 Å². The van der Waals surface area contributed by atoms with E-state index in [1.165, 1.54) is 11.8 Å². The molecular formula is C33H31FO3S. The Labute approximate surface area is 226 Å².